The highest BCUT2D eigenvalue weighted by molar-refractivity contribution is 6.30. The molecule has 0 aliphatic heterocycles. The summed E-state index contributed by atoms with van der Waals surface area (Å²) in [6.45, 7) is 3.75. The van der Waals surface area contributed by atoms with Crippen molar-refractivity contribution in [2.75, 3.05) is 5.32 Å². The van der Waals surface area contributed by atoms with E-state index < -0.39 is 16.6 Å². The van der Waals surface area contributed by atoms with Crippen LogP contribution in [0.25, 0.3) is 11.8 Å². The van der Waals surface area contributed by atoms with Gasteiger partial charge in [0.25, 0.3) is 11.6 Å². The molecule has 3 aromatic rings. The molecule has 0 saturated heterocycles. The lowest BCUT2D eigenvalue weighted by Gasteiger charge is -2.10. The van der Waals surface area contributed by atoms with Crippen LogP contribution in [0.1, 0.15) is 17.0 Å². The second kappa shape index (κ2) is 8.73. The summed E-state index contributed by atoms with van der Waals surface area (Å²) in [7, 11) is 0. The number of hydrogen-bond donors (Lipinski definition) is 2. The van der Waals surface area contributed by atoms with Crippen LogP contribution >= 0.6 is 11.6 Å². The van der Waals surface area contributed by atoms with Crippen molar-refractivity contribution in [3.8, 4) is 17.5 Å². The Morgan fingerprint density at radius 2 is 2.00 bits per heavy atom. The van der Waals surface area contributed by atoms with Crippen molar-refractivity contribution in [2.45, 2.75) is 13.8 Å². The number of aromatic hydroxyl groups is 1. The maximum atomic E-state index is 12.6. The molecule has 2 N–H and O–H groups in total. The number of anilines is 1. The summed E-state index contributed by atoms with van der Waals surface area (Å²) in [5, 5.41) is 33.2. The predicted octanol–water partition coefficient (Wildman–Crippen LogP) is 4.91. The van der Waals surface area contributed by atoms with Crippen molar-refractivity contribution < 1.29 is 14.8 Å². The SMILES string of the molecule is Cc1cc(/C=C(/C#N)C(=O)Nc2ccc([N+](=O)[O-])cc2O)c(C)n1-c1cccc(Cl)c1. The van der Waals surface area contributed by atoms with Crippen molar-refractivity contribution >= 4 is 35.0 Å². The van der Waals surface area contributed by atoms with Gasteiger partial charge in [-0.2, -0.15) is 5.26 Å². The Balaban J connectivity index is 1.92. The van der Waals surface area contributed by atoms with Crippen LogP contribution in [0, 0.1) is 35.3 Å². The molecule has 156 valence electrons. The predicted molar refractivity (Wildman–Crippen MR) is 117 cm³/mol. The van der Waals surface area contributed by atoms with Crippen LogP contribution in [-0.2, 0) is 4.79 Å². The van der Waals surface area contributed by atoms with Gasteiger partial charge in [-0.05, 0) is 55.8 Å². The minimum absolute atomic E-state index is 0.0406. The number of nitrogens with one attached hydrogen (secondary N) is 1. The number of nitro groups is 1. The van der Waals surface area contributed by atoms with Crippen LogP contribution in [0.4, 0.5) is 11.4 Å². The first-order valence-corrected chi connectivity index (χ1v) is 9.44. The molecule has 0 atom stereocenters. The number of carbonyl (C=O) groups excluding carboxylic acids is 1. The first-order valence-electron chi connectivity index (χ1n) is 9.06. The number of aromatic nitrogens is 1. The molecule has 2 aromatic carbocycles. The fraction of sp³-hybridized carbons (Fsp3) is 0.0909. The van der Waals surface area contributed by atoms with E-state index in [4.69, 9.17) is 11.6 Å². The molecule has 0 bridgehead atoms. The molecule has 1 amide bonds. The molecule has 1 aromatic heterocycles. The van der Waals surface area contributed by atoms with Crippen LogP contribution in [0.5, 0.6) is 5.75 Å². The fourth-order valence-electron chi connectivity index (χ4n) is 3.18. The van der Waals surface area contributed by atoms with E-state index in [1.54, 1.807) is 6.07 Å². The van der Waals surface area contributed by atoms with E-state index in [0.29, 0.717) is 10.6 Å². The number of nitriles is 1. The second-order valence-electron chi connectivity index (χ2n) is 6.72. The third-order valence-corrected chi connectivity index (χ3v) is 4.88. The van der Waals surface area contributed by atoms with Gasteiger partial charge in [0.05, 0.1) is 16.7 Å². The van der Waals surface area contributed by atoms with Crippen molar-refractivity contribution in [1.82, 2.24) is 4.57 Å². The highest BCUT2D eigenvalue weighted by Gasteiger charge is 2.17. The van der Waals surface area contributed by atoms with Gasteiger partial charge >= 0.3 is 0 Å². The van der Waals surface area contributed by atoms with Crippen LogP contribution in [-0.4, -0.2) is 20.5 Å². The van der Waals surface area contributed by atoms with Gasteiger partial charge in [-0.25, -0.2) is 0 Å². The highest BCUT2D eigenvalue weighted by atomic mass is 35.5. The van der Waals surface area contributed by atoms with Crippen molar-refractivity contribution in [2.24, 2.45) is 0 Å². The van der Waals surface area contributed by atoms with Gasteiger partial charge < -0.3 is 15.0 Å². The van der Waals surface area contributed by atoms with Gasteiger partial charge in [0.15, 0.2) is 0 Å². The van der Waals surface area contributed by atoms with E-state index in [9.17, 15) is 25.3 Å². The lowest BCUT2D eigenvalue weighted by Crippen LogP contribution is -2.13. The minimum Gasteiger partial charge on any atom is -0.506 e. The number of phenols is 1. The molecule has 0 spiro atoms. The van der Waals surface area contributed by atoms with Gasteiger partial charge in [0, 0.05) is 28.2 Å². The summed E-state index contributed by atoms with van der Waals surface area (Å²) in [6, 6.07) is 14.3. The normalized spacial score (nSPS) is 11.1. The second-order valence-corrected chi connectivity index (χ2v) is 7.16. The molecular weight excluding hydrogens is 420 g/mol. The number of nitro benzene ring substituents is 1. The molecule has 0 aliphatic carbocycles. The number of halogens is 1. The van der Waals surface area contributed by atoms with Gasteiger partial charge in [-0.15, -0.1) is 0 Å². The zero-order chi connectivity index (χ0) is 22.7. The average Bonchev–Trinajstić information content (AvgIpc) is 3.00. The Morgan fingerprint density at radius 3 is 2.61 bits per heavy atom. The molecule has 9 heteroatoms. The quantitative estimate of drug-likeness (QED) is 0.193. The monoisotopic (exact) mass is 436 g/mol. The number of hydrogen-bond acceptors (Lipinski definition) is 5. The third-order valence-electron chi connectivity index (χ3n) is 4.64. The molecule has 31 heavy (non-hydrogen) atoms. The van der Waals surface area contributed by atoms with E-state index in [2.05, 4.69) is 5.32 Å². The van der Waals surface area contributed by atoms with Crippen molar-refractivity contribution in [3.63, 3.8) is 0 Å². The largest absolute Gasteiger partial charge is 0.506 e. The first-order chi connectivity index (χ1) is 14.7. The number of aryl methyl sites for hydroxylation is 1. The Morgan fingerprint density at radius 1 is 1.26 bits per heavy atom. The summed E-state index contributed by atoms with van der Waals surface area (Å²) < 4.78 is 1.95. The number of rotatable bonds is 5. The lowest BCUT2D eigenvalue weighted by molar-refractivity contribution is -0.384. The number of carbonyl (C=O) groups is 1. The van der Waals surface area contributed by atoms with E-state index in [1.807, 2.05) is 48.7 Å². The fourth-order valence-corrected chi connectivity index (χ4v) is 3.36. The Bertz CT molecular complexity index is 1270. The molecule has 8 nitrogen and oxygen atoms in total. The Kier molecular flexibility index (Phi) is 6.09. The van der Waals surface area contributed by atoms with Gasteiger partial charge in [0.2, 0.25) is 0 Å². The molecule has 3 rings (SSSR count). The third kappa shape index (κ3) is 4.57. The topological polar surface area (TPSA) is 121 Å². The first kappa shape index (κ1) is 21.6. The number of benzene rings is 2. The maximum absolute atomic E-state index is 12.6. The van der Waals surface area contributed by atoms with E-state index in [1.165, 1.54) is 12.1 Å². The zero-order valence-electron chi connectivity index (χ0n) is 16.6. The van der Waals surface area contributed by atoms with Crippen LogP contribution < -0.4 is 5.32 Å². The molecule has 0 aliphatic rings. The van der Waals surface area contributed by atoms with Crippen LogP contribution in [0.2, 0.25) is 5.02 Å². The van der Waals surface area contributed by atoms with Gasteiger partial charge in [-0.1, -0.05) is 17.7 Å². The number of non-ortho nitro benzene ring substituents is 1. The van der Waals surface area contributed by atoms with Crippen molar-refractivity contribution in [3.05, 3.63) is 86.2 Å². The summed E-state index contributed by atoms with van der Waals surface area (Å²) >= 11 is 6.09. The number of phenolic OH excluding ortho intramolecular Hbond substituents is 1. The summed E-state index contributed by atoms with van der Waals surface area (Å²) in [4.78, 5) is 22.7. The summed E-state index contributed by atoms with van der Waals surface area (Å²) in [6.07, 6.45) is 1.45. The Labute approximate surface area is 182 Å². The molecule has 0 unspecified atom stereocenters. The highest BCUT2D eigenvalue weighted by Crippen LogP contribution is 2.29. The lowest BCUT2D eigenvalue weighted by atomic mass is 10.1. The molecular formula is C22H17ClN4O4. The van der Waals surface area contributed by atoms with E-state index in [0.717, 1.165) is 29.2 Å². The smallest absolute Gasteiger partial charge is 0.273 e. The molecule has 0 fully saturated rings. The number of nitrogens with zero attached hydrogens (tertiary/aromatic N) is 3. The van der Waals surface area contributed by atoms with E-state index >= 15 is 0 Å². The summed E-state index contributed by atoms with van der Waals surface area (Å²) in [5.74, 6) is -1.22. The molecule has 1 heterocycles. The van der Waals surface area contributed by atoms with Crippen molar-refractivity contribution in [1.29, 1.82) is 5.26 Å². The molecule has 0 saturated carbocycles. The van der Waals surface area contributed by atoms with Gasteiger partial charge in [-0.3, -0.25) is 14.9 Å². The Hall–Kier alpha value is -4.09. The maximum Gasteiger partial charge on any atom is 0.273 e. The van der Waals surface area contributed by atoms with Gasteiger partial charge in [0.1, 0.15) is 17.4 Å². The zero-order valence-corrected chi connectivity index (χ0v) is 17.3. The average molecular weight is 437 g/mol. The minimum atomic E-state index is -0.751. The van der Waals surface area contributed by atoms with Crippen LogP contribution in [0.3, 0.4) is 0 Å². The van der Waals surface area contributed by atoms with Crippen LogP contribution in [0.15, 0.2) is 54.1 Å². The molecule has 0 radical (unpaired) electrons. The number of amides is 1. The standard InChI is InChI=1S/C22H17ClN4O4/c1-13-8-15(14(2)26(13)18-5-3-4-17(23)10-18)9-16(12-24)22(29)25-20-7-6-19(27(30)31)11-21(20)28/h3-11,28H,1-2H3,(H,25,29)/b16-9-. The van der Waals surface area contributed by atoms with E-state index in [-0.39, 0.29) is 16.9 Å². The summed E-state index contributed by atoms with van der Waals surface area (Å²) in [5.41, 5.74) is 2.65.